The first kappa shape index (κ1) is 14.9. The Morgan fingerprint density at radius 2 is 2.00 bits per heavy atom. The van der Waals surface area contributed by atoms with Gasteiger partial charge in [-0.15, -0.1) is 11.6 Å². The van der Waals surface area contributed by atoms with Crippen molar-refractivity contribution >= 4 is 23.9 Å². The minimum atomic E-state index is -0.913. The Hall–Kier alpha value is -0.610. The Kier molecular flexibility index (Phi) is 10.9. The smallest absolute Gasteiger partial charge is 0.320 e. The number of alkyl halides is 1. The van der Waals surface area contributed by atoms with Crippen molar-refractivity contribution in [2.24, 2.45) is 11.7 Å². The van der Waals surface area contributed by atoms with Gasteiger partial charge < -0.3 is 15.6 Å². The Morgan fingerprint density at radius 1 is 1.62 bits per heavy atom. The molecule has 1 atom stereocenters. The van der Waals surface area contributed by atoms with Crippen molar-refractivity contribution < 1.29 is 14.7 Å². The lowest BCUT2D eigenvalue weighted by atomic mass is 10.1. The summed E-state index contributed by atoms with van der Waals surface area (Å²) in [6.07, 6.45) is 1.19. The molecule has 0 amide bonds. The van der Waals surface area contributed by atoms with E-state index in [9.17, 15) is 4.79 Å². The predicted octanol–water partition coefficient (Wildman–Crippen LogP) is 0.869. The molecule has 0 aromatic rings. The minimum Gasteiger partial charge on any atom is -0.480 e. The quantitative estimate of drug-likeness (QED) is 0.532. The molecule has 0 radical (unpaired) electrons. The number of carbonyl (C=O) groups is 2. The predicted molar refractivity (Wildman–Crippen MR) is 51.9 cm³/mol. The number of hydrogen-bond acceptors (Lipinski definition) is 3. The number of aliphatic carboxylic acids is 1. The van der Waals surface area contributed by atoms with Crippen LogP contribution in [0.4, 0.5) is 0 Å². The van der Waals surface area contributed by atoms with Crippen LogP contribution in [0.25, 0.3) is 0 Å². The Labute approximate surface area is 83.1 Å². The maximum atomic E-state index is 10.1. The maximum absolute atomic E-state index is 10.1. The molecule has 4 nitrogen and oxygen atoms in total. The van der Waals surface area contributed by atoms with E-state index in [0.717, 1.165) is 0 Å². The molecule has 78 valence electrons. The van der Waals surface area contributed by atoms with Gasteiger partial charge in [0.2, 0.25) is 0 Å². The lowest BCUT2D eigenvalue weighted by Gasteiger charge is -2.07. The van der Waals surface area contributed by atoms with E-state index in [-0.39, 0.29) is 5.88 Å². The molecule has 5 heteroatoms. The monoisotopic (exact) mass is 209 g/mol. The number of aldehydes is 1. The van der Waals surface area contributed by atoms with Crippen LogP contribution < -0.4 is 5.73 Å². The van der Waals surface area contributed by atoms with Crippen molar-refractivity contribution in [3.05, 3.63) is 0 Å². The van der Waals surface area contributed by atoms with E-state index in [1.54, 1.807) is 0 Å². The fraction of sp³-hybridized carbons (Fsp3) is 0.750. The van der Waals surface area contributed by atoms with Crippen LogP contribution in [-0.2, 0) is 9.59 Å². The molecule has 0 aromatic heterocycles. The molecule has 0 aliphatic carbocycles. The van der Waals surface area contributed by atoms with Crippen LogP contribution in [0, 0.1) is 5.92 Å². The minimum absolute atomic E-state index is 0.111. The van der Waals surface area contributed by atoms with E-state index in [2.05, 4.69) is 0 Å². The van der Waals surface area contributed by atoms with Gasteiger partial charge in [-0.1, -0.05) is 13.8 Å². The molecule has 0 aliphatic heterocycles. The van der Waals surface area contributed by atoms with E-state index in [0.29, 0.717) is 18.6 Å². The normalized spacial score (nSPS) is 11.5. The third kappa shape index (κ3) is 14.3. The summed E-state index contributed by atoms with van der Waals surface area (Å²) in [4.78, 5) is 19.2. The third-order valence-electron chi connectivity index (χ3n) is 1.11. The highest BCUT2D eigenvalue weighted by atomic mass is 35.5. The standard InChI is InChI=1S/C6H13NO2.C2H3ClO/c1-4(2)3-5(7)6(8)9;3-1-2-4/h4-5H,3,7H2,1-2H3,(H,8,9);2H,1H2. The van der Waals surface area contributed by atoms with Gasteiger partial charge in [0.25, 0.3) is 0 Å². The van der Waals surface area contributed by atoms with E-state index >= 15 is 0 Å². The SMILES string of the molecule is CC(C)CC(N)C(=O)O.O=CCCl. The fourth-order valence-electron chi connectivity index (χ4n) is 0.609. The number of hydrogen-bond donors (Lipinski definition) is 2. The van der Waals surface area contributed by atoms with Crippen LogP contribution in [-0.4, -0.2) is 29.3 Å². The summed E-state index contributed by atoms with van der Waals surface area (Å²) < 4.78 is 0. The summed E-state index contributed by atoms with van der Waals surface area (Å²) in [6.45, 7) is 3.89. The molecular formula is C8H16ClNO3. The Balaban J connectivity index is 0. The van der Waals surface area contributed by atoms with Gasteiger partial charge in [0.1, 0.15) is 12.3 Å². The number of rotatable bonds is 4. The van der Waals surface area contributed by atoms with Crippen LogP contribution in [0.3, 0.4) is 0 Å². The second kappa shape index (κ2) is 9.48. The topological polar surface area (TPSA) is 80.4 Å². The zero-order valence-electron chi connectivity index (χ0n) is 7.87. The maximum Gasteiger partial charge on any atom is 0.320 e. The molecule has 0 bridgehead atoms. The van der Waals surface area contributed by atoms with Gasteiger partial charge in [-0.3, -0.25) is 4.79 Å². The van der Waals surface area contributed by atoms with Crippen molar-refractivity contribution in [1.82, 2.24) is 0 Å². The van der Waals surface area contributed by atoms with Gasteiger partial charge in [0, 0.05) is 0 Å². The molecular weight excluding hydrogens is 194 g/mol. The lowest BCUT2D eigenvalue weighted by Crippen LogP contribution is -2.31. The molecule has 0 saturated heterocycles. The van der Waals surface area contributed by atoms with Crippen LogP contribution in [0.1, 0.15) is 20.3 Å². The van der Waals surface area contributed by atoms with Crippen LogP contribution in [0.2, 0.25) is 0 Å². The largest absolute Gasteiger partial charge is 0.480 e. The van der Waals surface area contributed by atoms with Crippen molar-refractivity contribution in [3.63, 3.8) is 0 Å². The summed E-state index contributed by atoms with van der Waals surface area (Å²) in [6, 6.07) is -0.690. The molecule has 0 aliphatic rings. The van der Waals surface area contributed by atoms with Crippen molar-refractivity contribution in [1.29, 1.82) is 0 Å². The van der Waals surface area contributed by atoms with Crippen molar-refractivity contribution in [2.45, 2.75) is 26.3 Å². The molecule has 0 heterocycles. The summed E-state index contributed by atoms with van der Waals surface area (Å²) in [7, 11) is 0. The number of carboxylic acid groups (broad SMARTS) is 1. The average Bonchev–Trinajstić information content (AvgIpc) is 2.03. The first-order valence-corrected chi connectivity index (χ1v) is 4.47. The lowest BCUT2D eigenvalue weighted by molar-refractivity contribution is -0.138. The highest BCUT2D eigenvalue weighted by Gasteiger charge is 2.11. The first-order valence-electron chi connectivity index (χ1n) is 3.93. The van der Waals surface area contributed by atoms with E-state index in [1.165, 1.54) is 0 Å². The number of carbonyl (C=O) groups excluding carboxylic acids is 1. The second-order valence-corrected chi connectivity index (χ2v) is 3.20. The zero-order chi connectivity index (χ0) is 10.9. The van der Waals surface area contributed by atoms with E-state index in [4.69, 9.17) is 27.2 Å². The number of halogens is 1. The summed E-state index contributed by atoms with van der Waals surface area (Å²) in [5.74, 6) is -0.445. The van der Waals surface area contributed by atoms with E-state index < -0.39 is 12.0 Å². The Morgan fingerprint density at radius 3 is 2.08 bits per heavy atom. The molecule has 0 spiro atoms. The number of nitrogens with two attached hydrogens (primary N) is 1. The molecule has 0 aromatic carbocycles. The molecule has 1 unspecified atom stereocenters. The molecule has 3 N–H and O–H groups in total. The van der Waals surface area contributed by atoms with Gasteiger partial charge in [-0.25, -0.2) is 0 Å². The van der Waals surface area contributed by atoms with Crippen molar-refractivity contribution in [2.75, 3.05) is 5.88 Å². The Bertz CT molecular complexity index is 150. The highest BCUT2D eigenvalue weighted by Crippen LogP contribution is 2.01. The molecule has 13 heavy (non-hydrogen) atoms. The van der Waals surface area contributed by atoms with Gasteiger partial charge in [0.05, 0.1) is 5.88 Å². The number of carboxylic acids is 1. The summed E-state index contributed by atoms with van der Waals surface area (Å²) in [5.41, 5.74) is 5.22. The van der Waals surface area contributed by atoms with Gasteiger partial charge in [0.15, 0.2) is 0 Å². The highest BCUT2D eigenvalue weighted by molar-refractivity contribution is 6.24. The van der Waals surface area contributed by atoms with Gasteiger partial charge in [-0.05, 0) is 12.3 Å². The second-order valence-electron chi connectivity index (χ2n) is 2.90. The van der Waals surface area contributed by atoms with Gasteiger partial charge >= 0.3 is 5.97 Å². The molecule has 0 rings (SSSR count). The molecule has 0 saturated carbocycles. The van der Waals surface area contributed by atoms with Crippen molar-refractivity contribution in [3.8, 4) is 0 Å². The van der Waals surface area contributed by atoms with Gasteiger partial charge in [-0.2, -0.15) is 0 Å². The third-order valence-corrected chi connectivity index (χ3v) is 1.23. The van der Waals surface area contributed by atoms with Crippen LogP contribution in [0.5, 0.6) is 0 Å². The first-order chi connectivity index (χ1) is 5.95. The molecule has 0 fully saturated rings. The van der Waals surface area contributed by atoms with E-state index in [1.807, 2.05) is 13.8 Å². The zero-order valence-corrected chi connectivity index (χ0v) is 8.62. The average molecular weight is 210 g/mol. The fourth-order valence-corrected chi connectivity index (χ4v) is 0.609. The van der Waals surface area contributed by atoms with Crippen LogP contribution >= 0.6 is 11.6 Å². The summed E-state index contributed by atoms with van der Waals surface area (Å²) >= 11 is 4.82. The van der Waals surface area contributed by atoms with Crippen LogP contribution in [0.15, 0.2) is 0 Å². The summed E-state index contributed by atoms with van der Waals surface area (Å²) in [5, 5.41) is 8.31.